The van der Waals surface area contributed by atoms with E-state index in [4.69, 9.17) is 20.2 Å². The standard InChI is InChI=1S/C13H7N5O/c1-8-17-11-4-10(2-3-13(11)19-8)18-12(7-16)9(5-14)6-15/h2-4,18H,1H3. The zero-order valence-electron chi connectivity index (χ0n) is 9.93. The van der Waals surface area contributed by atoms with Gasteiger partial charge in [-0.2, -0.15) is 15.8 Å². The molecule has 0 aliphatic rings. The molecule has 1 heterocycles. The quantitative estimate of drug-likeness (QED) is 0.818. The Bertz CT molecular complexity index is 779. The molecule has 0 spiro atoms. The molecule has 0 saturated heterocycles. The number of oxazole rings is 1. The molecule has 0 bridgehead atoms. The average molecular weight is 249 g/mol. The summed E-state index contributed by atoms with van der Waals surface area (Å²) in [4.78, 5) is 4.16. The first-order chi connectivity index (χ1) is 9.17. The van der Waals surface area contributed by atoms with Crippen LogP contribution in [0.5, 0.6) is 0 Å². The van der Waals surface area contributed by atoms with Gasteiger partial charge in [0.25, 0.3) is 0 Å². The number of hydrogen-bond acceptors (Lipinski definition) is 6. The third kappa shape index (κ3) is 2.36. The van der Waals surface area contributed by atoms with Crippen molar-refractivity contribution < 1.29 is 4.42 Å². The van der Waals surface area contributed by atoms with Crippen molar-refractivity contribution in [3.63, 3.8) is 0 Å². The number of aromatic nitrogens is 1. The van der Waals surface area contributed by atoms with Gasteiger partial charge < -0.3 is 9.73 Å². The van der Waals surface area contributed by atoms with E-state index in [1.54, 1.807) is 43.3 Å². The second-order valence-electron chi connectivity index (χ2n) is 3.63. The molecule has 0 amide bonds. The van der Waals surface area contributed by atoms with Gasteiger partial charge in [-0.3, -0.25) is 0 Å². The van der Waals surface area contributed by atoms with Gasteiger partial charge in [0, 0.05) is 12.6 Å². The van der Waals surface area contributed by atoms with Gasteiger partial charge in [-0.05, 0) is 18.2 Å². The van der Waals surface area contributed by atoms with Crippen LogP contribution in [0.25, 0.3) is 11.1 Å². The number of allylic oxidation sites excluding steroid dienone is 2. The number of nitrogens with zero attached hydrogens (tertiary/aromatic N) is 4. The molecule has 1 aromatic carbocycles. The van der Waals surface area contributed by atoms with Gasteiger partial charge in [-0.1, -0.05) is 0 Å². The van der Waals surface area contributed by atoms with E-state index in [0.29, 0.717) is 22.7 Å². The second-order valence-corrected chi connectivity index (χ2v) is 3.63. The second kappa shape index (κ2) is 4.91. The predicted octanol–water partition coefficient (Wildman–Crippen LogP) is 2.37. The van der Waals surface area contributed by atoms with E-state index in [1.807, 2.05) is 0 Å². The largest absolute Gasteiger partial charge is 0.441 e. The molecule has 0 aliphatic heterocycles. The van der Waals surface area contributed by atoms with Crippen LogP contribution in [0, 0.1) is 40.9 Å². The van der Waals surface area contributed by atoms with Crippen LogP contribution in [0.2, 0.25) is 0 Å². The Balaban J connectivity index is 2.42. The van der Waals surface area contributed by atoms with Crippen molar-refractivity contribution in [3.8, 4) is 18.2 Å². The molecule has 1 aromatic heterocycles. The normalized spacial score (nSPS) is 9.16. The summed E-state index contributed by atoms with van der Waals surface area (Å²) in [5.74, 6) is 0.540. The molecule has 6 heteroatoms. The molecule has 19 heavy (non-hydrogen) atoms. The zero-order valence-corrected chi connectivity index (χ0v) is 9.93. The van der Waals surface area contributed by atoms with E-state index < -0.39 is 0 Å². The highest BCUT2D eigenvalue weighted by molar-refractivity contribution is 5.78. The summed E-state index contributed by atoms with van der Waals surface area (Å²) in [7, 11) is 0. The summed E-state index contributed by atoms with van der Waals surface area (Å²) < 4.78 is 5.32. The first kappa shape index (κ1) is 12.2. The van der Waals surface area contributed by atoms with E-state index in [-0.39, 0.29) is 11.3 Å². The number of nitrogens with one attached hydrogen (secondary N) is 1. The van der Waals surface area contributed by atoms with Crippen molar-refractivity contribution in [1.29, 1.82) is 15.8 Å². The molecule has 0 unspecified atom stereocenters. The minimum Gasteiger partial charge on any atom is -0.441 e. The molecule has 0 aliphatic carbocycles. The maximum absolute atomic E-state index is 8.93. The van der Waals surface area contributed by atoms with Crippen LogP contribution in [0.3, 0.4) is 0 Å². The first-order valence-corrected chi connectivity index (χ1v) is 5.26. The summed E-state index contributed by atoms with van der Waals surface area (Å²) in [5, 5.41) is 29.1. The third-order valence-electron chi connectivity index (χ3n) is 2.35. The lowest BCUT2D eigenvalue weighted by molar-refractivity contribution is 0.561. The predicted molar refractivity (Wildman–Crippen MR) is 66.2 cm³/mol. The molecule has 90 valence electrons. The molecule has 2 aromatic rings. The maximum atomic E-state index is 8.93. The van der Waals surface area contributed by atoms with Gasteiger partial charge in [-0.25, -0.2) is 4.98 Å². The van der Waals surface area contributed by atoms with Gasteiger partial charge in [0.1, 0.15) is 29.4 Å². The van der Waals surface area contributed by atoms with E-state index in [9.17, 15) is 0 Å². The average Bonchev–Trinajstić information content (AvgIpc) is 2.78. The fraction of sp³-hybridized carbons (Fsp3) is 0.0769. The molecular formula is C13H7N5O. The van der Waals surface area contributed by atoms with E-state index in [2.05, 4.69) is 10.3 Å². The van der Waals surface area contributed by atoms with Crippen LogP contribution in [-0.4, -0.2) is 4.98 Å². The lowest BCUT2D eigenvalue weighted by Crippen LogP contribution is -2.00. The smallest absolute Gasteiger partial charge is 0.192 e. The summed E-state index contributed by atoms with van der Waals surface area (Å²) >= 11 is 0. The molecule has 0 radical (unpaired) electrons. The van der Waals surface area contributed by atoms with E-state index in [1.165, 1.54) is 0 Å². The minimum atomic E-state index is -0.265. The Labute approximate surface area is 108 Å². The van der Waals surface area contributed by atoms with Crippen molar-refractivity contribution >= 4 is 16.8 Å². The SMILES string of the molecule is Cc1nc2cc(NC(C#N)=C(C#N)C#N)ccc2o1. The van der Waals surface area contributed by atoms with Gasteiger partial charge >= 0.3 is 0 Å². The Morgan fingerprint density at radius 1 is 1.21 bits per heavy atom. The molecule has 0 fully saturated rings. The molecule has 1 N–H and O–H groups in total. The Kier molecular flexibility index (Phi) is 3.14. The highest BCUT2D eigenvalue weighted by Gasteiger charge is 2.08. The van der Waals surface area contributed by atoms with Crippen molar-refractivity contribution in [2.45, 2.75) is 6.92 Å². The summed E-state index contributed by atoms with van der Waals surface area (Å²) in [5.41, 5.74) is 1.46. The van der Waals surface area contributed by atoms with Crippen LogP contribution in [-0.2, 0) is 0 Å². The van der Waals surface area contributed by atoms with Gasteiger partial charge in [0.05, 0.1) is 0 Å². The Hall–Kier alpha value is -3.30. The van der Waals surface area contributed by atoms with Gasteiger partial charge in [-0.15, -0.1) is 0 Å². The highest BCUT2D eigenvalue weighted by Crippen LogP contribution is 2.21. The van der Waals surface area contributed by atoms with Crippen molar-refractivity contribution in [2.75, 3.05) is 5.32 Å². The molecule has 6 nitrogen and oxygen atoms in total. The number of hydrogen-bond donors (Lipinski definition) is 1. The minimum absolute atomic E-state index is 0.0930. The monoisotopic (exact) mass is 249 g/mol. The van der Waals surface area contributed by atoms with E-state index >= 15 is 0 Å². The Morgan fingerprint density at radius 2 is 1.95 bits per heavy atom. The van der Waals surface area contributed by atoms with Crippen LogP contribution < -0.4 is 5.32 Å². The summed E-state index contributed by atoms with van der Waals surface area (Å²) in [6.07, 6.45) is 0. The molecule has 0 saturated carbocycles. The molecular weight excluding hydrogens is 242 g/mol. The topological polar surface area (TPSA) is 109 Å². The number of benzene rings is 1. The summed E-state index contributed by atoms with van der Waals surface area (Å²) in [6.45, 7) is 1.73. The van der Waals surface area contributed by atoms with Crippen LogP contribution in [0.1, 0.15) is 5.89 Å². The molecule has 0 atom stereocenters. The fourth-order valence-corrected chi connectivity index (χ4v) is 1.55. The number of anilines is 1. The van der Waals surface area contributed by atoms with Crippen LogP contribution in [0.15, 0.2) is 33.9 Å². The number of rotatable bonds is 2. The third-order valence-corrected chi connectivity index (χ3v) is 2.35. The Morgan fingerprint density at radius 3 is 2.58 bits per heavy atom. The number of nitriles is 3. The lowest BCUT2D eigenvalue weighted by atomic mass is 10.2. The summed E-state index contributed by atoms with van der Waals surface area (Å²) in [6, 6.07) is 10.2. The number of fused-ring (bicyclic) bond motifs is 1. The fourth-order valence-electron chi connectivity index (χ4n) is 1.55. The number of aryl methyl sites for hydroxylation is 1. The highest BCUT2D eigenvalue weighted by atomic mass is 16.3. The van der Waals surface area contributed by atoms with E-state index in [0.717, 1.165) is 0 Å². The van der Waals surface area contributed by atoms with Crippen LogP contribution >= 0.6 is 0 Å². The maximum Gasteiger partial charge on any atom is 0.192 e. The zero-order chi connectivity index (χ0) is 13.8. The molecule has 2 rings (SSSR count). The van der Waals surface area contributed by atoms with Crippen molar-refractivity contribution in [3.05, 3.63) is 35.4 Å². The van der Waals surface area contributed by atoms with Crippen LogP contribution in [0.4, 0.5) is 5.69 Å². The van der Waals surface area contributed by atoms with Crippen molar-refractivity contribution in [1.82, 2.24) is 4.98 Å². The van der Waals surface area contributed by atoms with Gasteiger partial charge in [0.2, 0.25) is 0 Å². The van der Waals surface area contributed by atoms with Gasteiger partial charge in [0.15, 0.2) is 17.0 Å². The lowest BCUT2D eigenvalue weighted by Gasteiger charge is -2.03. The van der Waals surface area contributed by atoms with Crippen molar-refractivity contribution in [2.24, 2.45) is 0 Å². The first-order valence-electron chi connectivity index (χ1n) is 5.26.